The largest absolute Gasteiger partial charge is 0.462 e. The first-order chi connectivity index (χ1) is 13.7. The van der Waals surface area contributed by atoms with Crippen LogP contribution in [0.3, 0.4) is 0 Å². The Labute approximate surface area is 174 Å². The van der Waals surface area contributed by atoms with Crippen LogP contribution in [0.4, 0.5) is 10.7 Å². The third kappa shape index (κ3) is 4.62. The van der Waals surface area contributed by atoms with E-state index >= 15 is 0 Å². The highest BCUT2D eigenvalue weighted by Gasteiger charge is 2.29. The molecule has 0 radical (unpaired) electrons. The fraction of sp³-hybridized carbons (Fsp3) is 0.400. The third-order valence-corrected chi connectivity index (χ3v) is 7.06. The summed E-state index contributed by atoms with van der Waals surface area (Å²) in [5.41, 5.74) is 2.53. The van der Waals surface area contributed by atoms with Crippen molar-refractivity contribution in [1.82, 2.24) is 0 Å². The van der Waals surface area contributed by atoms with Crippen molar-refractivity contribution in [2.45, 2.75) is 33.1 Å². The van der Waals surface area contributed by atoms with E-state index < -0.39 is 21.9 Å². The van der Waals surface area contributed by atoms with Crippen LogP contribution in [0.15, 0.2) is 24.3 Å². The lowest BCUT2D eigenvalue weighted by molar-refractivity contribution is -0.114. The summed E-state index contributed by atoms with van der Waals surface area (Å²) in [7, 11) is -3.68. The van der Waals surface area contributed by atoms with Gasteiger partial charge in [0.2, 0.25) is 15.9 Å². The molecule has 1 aromatic heterocycles. The molecule has 2 aromatic rings. The number of para-hydroxylation sites is 1. The number of amides is 1. The minimum Gasteiger partial charge on any atom is -0.462 e. The number of nitrogens with zero attached hydrogens (tertiary/aromatic N) is 1. The van der Waals surface area contributed by atoms with Gasteiger partial charge in [-0.1, -0.05) is 18.2 Å². The molecular weight excluding hydrogens is 412 g/mol. The Bertz CT molecular complexity index is 1040. The number of carbonyl (C=O) groups excluding carboxylic acids is 2. The van der Waals surface area contributed by atoms with Gasteiger partial charge in [0.15, 0.2) is 0 Å². The number of hydrogen-bond acceptors (Lipinski definition) is 6. The van der Waals surface area contributed by atoms with Gasteiger partial charge in [-0.15, -0.1) is 11.3 Å². The second kappa shape index (κ2) is 8.54. The van der Waals surface area contributed by atoms with Gasteiger partial charge < -0.3 is 10.1 Å². The highest BCUT2D eigenvalue weighted by molar-refractivity contribution is 7.92. The molecule has 1 aromatic carbocycles. The molecule has 0 saturated heterocycles. The molecule has 3 rings (SSSR count). The lowest BCUT2D eigenvalue weighted by Gasteiger charge is -2.23. The van der Waals surface area contributed by atoms with Crippen molar-refractivity contribution in [2.75, 3.05) is 29.0 Å². The second-order valence-corrected chi connectivity index (χ2v) is 9.90. The molecule has 1 N–H and O–H groups in total. The monoisotopic (exact) mass is 436 g/mol. The number of thiophene rings is 1. The van der Waals surface area contributed by atoms with Gasteiger partial charge in [-0.05, 0) is 50.3 Å². The van der Waals surface area contributed by atoms with Crippen LogP contribution in [-0.2, 0) is 32.4 Å². The van der Waals surface area contributed by atoms with Gasteiger partial charge in [-0.2, -0.15) is 0 Å². The number of rotatable bonds is 7. The molecule has 1 amide bonds. The van der Waals surface area contributed by atoms with Crippen molar-refractivity contribution >= 4 is 43.9 Å². The van der Waals surface area contributed by atoms with Gasteiger partial charge in [0.25, 0.3) is 0 Å². The Morgan fingerprint density at radius 1 is 1.24 bits per heavy atom. The molecule has 0 fully saturated rings. The maximum atomic E-state index is 12.8. The fourth-order valence-corrected chi connectivity index (χ4v) is 5.64. The Hall–Kier alpha value is -2.39. The van der Waals surface area contributed by atoms with Crippen molar-refractivity contribution in [3.8, 4) is 0 Å². The van der Waals surface area contributed by atoms with Gasteiger partial charge >= 0.3 is 5.97 Å². The molecule has 1 aliphatic rings. The van der Waals surface area contributed by atoms with Crippen LogP contribution in [0.25, 0.3) is 0 Å². The van der Waals surface area contributed by atoms with Crippen LogP contribution in [-0.4, -0.2) is 39.7 Å². The normalized spacial score (nSPS) is 13.1. The summed E-state index contributed by atoms with van der Waals surface area (Å²) in [6.07, 6.45) is 3.67. The molecule has 7 nitrogen and oxygen atoms in total. The highest BCUT2D eigenvalue weighted by Crippen LogP contribution is 2.39. The van der Waals surface area contributed by atoms with E-state index in [1.54, 1.807) is 38.1 Å². The molecule has 1 heterocycles. The first kappa shape index (κ1) is 21.3. The highest BCUT2D eigenvalue weighted by atomic mass is 32.2. The van der Waals surface area contributed by atoms with E-state index in [-0.39, 0.29) is 13.2 Å². The van der Waals surface area contributed by atoms with Gasteiger partial charge in [0, 0.05) is 4.88 Å². The molecule has 29 heavy (non-hydrogen) atoms. The standard InChI is InChI=1S/C20H24N2O5S2/c1-4-27-20(24)18-14-9-7-11-16(14)28-19(18)21-17(23)12-22(29(3,25)26)15-10-6-5-8-13(15)2/h5-6,8,10H,4,7,9,11-12H2,1-3H3,(H,21,23). The van der Waals surface area contributed by atoms with Crippen LogP contribution in [0, 0.1) is 6.92 Å². The van der Waals surface area contributed by atoms with E-state index in [2.05, 4.69) is 5.32 Å². The average Bonchev–Trinajstić information content (AvgIpc) is 3.20. The number of hydrogen-bond donors (Lipinski definition) is 1. The smallest absolute Gasteiger partial charge is 0.341 e. The minimum absolute atomic E-state index is 0.242. The van der Waals surface area contributed by atoms with E-state index in [0.717, 1.165) is 45.8 Å². The van der Waals surface area contributed by atoms with E-state index in [1.165, 1.54) is 11.3 Å². The predicted octanol–water partition coefficient (Wildman–Crippen LogP) is 3.13. The number of carbonyl (C=O) groups is 2. The Balaban J connectivity index is 1.87. The van der Waals surface area contributed by atoms with Crippen LogP contribution in [0.1, 0.15) is 39.7 Å². The maximum absolute atomic E-state index is 12.8. The molecule has 0 unspecified atom stereocenters. The van der Waals surface area contributed by atoms with Crippen molar-refractivity contribution in [3.05, 3.63) is 45.8 Å². The Morgan fingerprint density at radius 2 is 1.97 bits per heavy atom. The summed E-state index contributed by atoms with van der Waals surface area (Å²) in [6.45, 7) is 3.38. The van der Waals surface area contributed by atoms with Gasteiger partial charge in [0.1, 0.15) is 11.5 Å². The molecule has 0 spiro atoms. The van der Waals surface area contributed by atoms with E-state index in [1.807, 2.05) is 0 Å². The number of fused-ring (bicyclic) bond motifs is 1. The summed E-state index contributed by atoms with van der Waals surface area (Å²) >= 11 is 1.36. The first-order valence-electron chi connectivity index (χ1n) is 9.37. The molecule has 156 valence electrons. The molecule has 1 aliphatic carbocycles. The number of benzene rings is 1. The van der Waals surface area contributed by atoms with Crippen LogP contribution >= 0.6 is 11.3 Å². The number of sulfonamides is 1. The fourth-order valence-electron chi connectivity index (χ4n) is 3.43. The number of nitrogens with one attached hydrogen (secondary N) is 1. The van der Waals surface area contributed by atoms with Crippen LogP contribution in [0.2, 0.25) is 0 Å². The zero-order valence-electron chi connectivity index (χ0n) is 16.6. The van der Waals surface area contributed by atoms with E-state index in [4.69, 9.17) is 4.74 Å². The average molecular weight is 437 g/mol. The van der Waals surface area contributed by atoms with Crippen LogP contribution in [0.5, 0.6) is 0 Å². The summed E-state index contributed by atoms with van der Waals surface area (Å²) < 4.78 is 30.9. The maximum Gasteiger partial charge on any atom is 0.341 e. The minimum atomic E-state index is -3.68. The predicted molar refractivity (Wildman–Crippen MR) is 114 cm³/mol. The van der Waals surface area contributed by atoms with Gasteiger partial charge in [-0.25, -0.2) is 13.2 Å². The summed E-state index contributed by atoms with van der Waals surface area (Å²) in [4.78, 5) is 26.3. The number of aryl methyl sites for hydroxylation is 2. The van der Waals surface area contributed by atoms with E-state index in [0.29, 0.717) is 16.3 Å². The lowest BCUT2D eigenvalue weighted by Crippen LogP contribution is -2.38. The van der Waals surface area contributed by atoms with Crippen molar-refractivity contribution < 1.29 is 22.7 Å². The molecule has 9 heteroatoms. The van der Waals surface area contributed by atoms with Crippen molar-refractivity contribution in [2.24, 2.45) is 0 Å². The molecule has 0 saturated carbocycles. The van der Waals surface area contributed by atoms with Gasteiger partial charge in [0.05, 0.1) is 24.1 Å². The second-order valence-electron chi connectivity index (χ2n) is 6.89. The third-order valence-electron chi connectivity index (χ3n) is 4.73. The van der Waals surface area contributed by atoms with E-state index in [9.17, 15) is 18.0 Å². The molecule has 0 bridgehead atoms. The summed E-state index contributed by atoms with van der Waals surface area (Å²) in [5, 5.41) is 3.17. The lowest BCUT2D eigenvalue weighted by atomic mass is 10.1. The number of anilines is 2. The summed E-state index contributed by atoms with van der Waals surface area (Å²) in [6, 6.07) is 6.97. The first-order valence-corrected chi connectivity index (χ1v) is 12.0. The Morgan fingerprint density at radius 3 is 2.62 bits per heavy atom. The van der Waals surface area contributed by atoms with Gasteiger partial charge in [-0.3, -0.25) is 9.10 Å². The number of ether oxygens (including phenoxy) is 1. The zero-order chi connectivity index (χ0) is 21.2. The SMILES string of the molecule is CCOC(=O)c1c(NC(=O)CN(c2ccccc2C)S(C)(=O)=O)sc2c1CCC2. The topological polar surface area (TPSA) is 92.8 Å². The quantitative estimate of drug-likeness (QED) is 0.673. The van der Waals surface area contributed by atoms with Crippen molar-refractivity contribution in [3.63, 3.8) is 0 Å². The zero-order valence-corrected chi connectivity index (χ0v) is 18.3. The van der Waals surface area contributed by atoms with Crippen LogP contribution < -0.4 is 9.62 Å². The Kier molecular flexibility index (Phi) is 6.28. The summed E-state index contributed by atoms with van der Waals surface area (Å²) in [5.74, 6) is -0.967. The molecule has 0 atom stereocenters. The number of esters is 1. The molecule has 0 aliphatic heterocycles. The molecular formula is C20H24N2O5S2. The van der Waals surface area contributed by atoms with Crippen molar-refractivity contribution in [1.29, 1.82) is 0 Å².